The molecule has 0 bridgehead atoms. The summed E-state index contributed by atoms with van der Waals surface area (Å²) < 4.78 is 33.5. The highest BCUT2D eigenvalue weighted by Gasteiger charge is 2.51. The number of unbranched alkanes of at least 4 members (excludes halogenated alkanes) is 25. The highest BCUT2D eigenvalue weighted by molar-refractivity contribution is 7.47. The van der Waals surface area contributed by atoms with Gasteiger partial charge in [-0.3, -0.25) is 18.6 Å². The molecule has 0 aromatic heterocycles. The van der Waals surface area contributed by atoms with Crippen molar-refractivity contribution < 1.29 is 63.1 Å². The molecule has 0 aromatic rings. The van der Waals surface area contributed by atoms with Crippen LogP contribution in [0.25, 0.3) is 0 Å². The van der Waals surface area contributed by atoms with Gasteiger partial charge in [-0.05, 0) is 25.7 Å². The maximum atomic E-state index is 12.8. The van der Waals surface area contributed by atoms with E-state index in [9.17, 15) is 44.6 Å². The largest absolute Gasteiger partial charge is 0.472 e. The molecule has 59 heavy (non-hydrogen) atoms. The summed E-state index contributed by atoms with van der Waals surface area (Å²) in [5, 5.41) is 50.1. The number of phosphoric acid groups is 1. The maximum Gasteiger partial charge on any atom is 0.472 e. The van der Waals surface area contributed by atoms with E-state index in [1.54, 1.807) is 0 Å². The summed E-state index contributed by atoms with van der Waals surface area (Å²) in [5.41, 5.74) is 0. The average Bonchev–Trinajstić information content (AvgIpc) is 3.21. The van der Waals surface area contributed by atoms with Crippen LogP contribution >= 0.6 is 7.82 Å². The second-order valence-corrected chi connectivity index (χ2v) is 18.0. The molecule has 0 saturated heterocycles. The molecule has 0 aromatic carbocycles. The normalized spacial score (nSPS) is 22.4. The summed E-state index contributed by atoms with van der Waals surface area (Å²) in [5.74, 6) is -1.15. The molecule has 1 aliphatic carbocycles. The van der Waals surface area contributed by atoms with Crippen LogP contribution in [0.4, 0.5) is 0 Å². The lowest BCUT2D eigenvalue weighted by Crippen LogP contribution is -2.64. The minimum Gasteiger partial charge on any atom is -0.462 e. The third kappa shape index (κ3) is 28.7. The number of esters is 2. The third-order valence-electron chi connectivity index (χ3n) is 11.1. The lowest BCUT2D eigenvalue weighted by molar-refractivity contribution is -0.220. The molecule has 0 aliphatic heterocycles. The molecule has 0 spiro atoms. The van der Waals surface area contributed by atoms with Crippen LogP contribution in [0.2, 0.25) is 0 Å². The van der Waals surface area contributed by atoms with Gasteiger partial charge in [-0.15, -0.1) is 0 Å². The highest BCUT2D eigenvalue weighted by Crippen LogP contribution is 2.47. The van der Waals surface area contributed by atoms with Crippen LogP contribution in [-0.4, -0.2) is 98.3 Å². The third-order valence-corrected chi connectivity index (χ3v) is 12.1. The van der Waals surface area contributed by atoms with Gasteiger partial charge < -0.3 is 39.9 Å². The minimum atomic E-state index is -5.12. The van der Waals surface area contributed by atoms with Crippen LogP contribution in [0.5, 0.6) is 0 Å². The lowest BCUT2D eigenvalue weighted by atomic mass is 9.85. The van der Waals surface area contributed by atoms with E-state index in [1.807, 2.05) is 6.08 Å². The number of ether oxygens (including phenoxy) is 2. The predicted molar refractivity (Wildman–Crippen MR) is 231 cm³/mol. The van der Waals surface area contributed by atoms with E-state index in [2.05, 4.69) is 19.9 Å². The highest BCUT2D eigenvalue weighted by atomic mass is 31.2. The lowest BCUT2D eigenvalue weighted by Gasteiger charge is -2.41. The first kappa shape index (κ1) is 55.6. The Morgan fingerprint density at radius 3 is 1.36 bits per heavy atom. The monoisotopic (exact) mass is 865 g/mol. The summed E-state index contributed by atoms with van der Waals surface area (Å²) in [4.78, 5) is 35.6. The fourth-order valence-electron chi connectivity index (χ4n) is 7.31. The van der Waals surface area contributed by atoms with Crippen LogP contribution in [0.1, 0.15) is 206 Å². The van der Waals surface area contributed by atoms with Gasteiger partial charge in [0.1, 0.15) is 43.2 Å². The summed E-state index contributed by atoms with van der Waals surface area (Å²) in [6.45, 7) is 3.28. The summed E-state index contributed by atoms with van der Waals surface area (Å²) >= 11 is 0. The van der Waals surface area contributed by atoms with E-state index in [4.69, 9.17) is 18.5 Å². The Bertz CT molecular complexity index is 1090. The molecular weight excluding hydrogens is 779 g/mol. The van der Waals surface area contributed by atoms with Crippen molar-refractivity contribution in [3.8, 4) is 0 Å². The molecule has 0 amide bonds. The number of carbonyl (C=O) groups excluding carboxylic acids is 2. The Morgan fingerprint density at radius 1 is 0.508 bits per heavy atom. The number of rotatable bonds is 39. The zero-order chi connectivity index (χ0) is 43.6. The van der Waals surface area contributed by atoms with Crippen LogP contribution < -0.4 is 0 Å². The standard InChI is InChI=1S/C45H85O13P/c1-3-5-7-9-11-13-15-17-19-21-23-25-27-29-31-33-38(46)55-35-37(36-56-59(53,54)58-45-43(51)41(49)40(48)42(50)44(45)52)57-39(47)34-32-30-28-26-24-22-20-18-16-14-12-10-8-6-4-2/h27,29,37,40-45,48-52H,3-26,28,30-36H2,1-2H3,(H,53,54)/b29-27-/t37?,40?,41-,42+,43-,44-,45?/m1/s1. The Balaban J connectivity index is 2.46. The SMILES string of the molecule is CCCCCCCCCCCCC/C=C\CCC(=O)OCC(COP(=O)(O)OC1[C@H](O)[C@H](O)C(O)[C@H](O)[C@H]1O)OC(=O)CCCCCCCCCCCCCCCCC. The Hall–Kier alpha value is -1.41. The Labute approximate surface area is 356 Å². The average molecular weight is 865 g/mol. The molecule has 0 radical (unpaired) electrons. The molecule has 1 saturated carbocycles. The van der Waals surface area contributed by atoms with Gasteiger partial charge >= 0.3 is 19.8 Å². The fourth-order valence-corrected chi connectivity index (χ4v) is 8.28. The first-order valence-corrected chi connectivity index (χ1v) is 25.0. The quantitative estimate of drug-likeness (QED) is 0.0148. The van der Waals surface area contributed by atoms with Gasteiger partial charge in [0.25, 0.3) is 0 Å². The first-order chi connectivity index (χ1) is 28.4. The minimum absolute atomic E-state index is 0.0883. The Kier molecular flexibility index (Phi) is 34.0. The molecule has 1 aliphatic rings. The number of aliphatic hydroxyl groups is 5. The van der Waals surface area contributed by atoms with Crippen molar-refractivity contribution in [2.45, 2.75) is 249 Å². The zero-order valence-electron chi connectivity index (χ0n) is 36.8. The van der Waals surface area contributed by atoms with Crippen molar-refractivity contribution in [3.63, 3.8) is 0 Å². The molecule has 1 rings (SSSR count). The van der Waals surface area contributed by atoms with E-state index in [0.29, 0.717) is 12.8 Å². The molecule has 0 heterocycles. The molecule has 13 nitrogen and oxygen atoms in total. The van der Waals surface area contributed by atoms with Crippen LogP contribution in [0, 0.1) is 0 Å². The van der Waals surface area contributed by atoms with Crippen molar-refractivity contribution in [1.29, 1.82) is 0 Å². The second-order valence-electron chi connectivity index (χ2n) is 16.6. The number of carbonyl (C=O) groups is 2. The van der Waals surface area contributed by atoms with Crippen molar-refractivity contribution in [1.82, 2.24) is 0 Å². The van der Waals surface area contributed by atoms with E-state index in [1.165, 1.54) is 128 Å². The second kappa shape index (κ2) is 36.1. The van der Waals surface area contributed by atoms with E-state index in [0.717, 1.165) is 38.5 Å². The van der Waals surface area contributed by atoms with Crippen LogP contribution in [0.3, 0.4) is 0 Å². The number of allylic oxidation sites excluding steroid dienone is 2. The predicted octanol–water partition coefficient (Wildman–Crippen LogP) is 9.06. The topological polar surface area (TPSA) is 210 Å². The van der Waals surface area contributed by atoms with Crippen molar-refractivity contribution in [2.75, 3.05) is 13.2 Å². The van der Waals surface area contributed by atoms with E-state index in [-0.39, 0.29) is 12.8 Å². The van der Waals surface area contributed by atoms with E-state index < -0.39 is 75.7 Å². The van der Waals surface area contributed by atoms with Gasteiger partial charge in [0.15, 0.2) is 6.10 Å². The maximum absolute atomic E-state index is 12.8. The number of hydrogen-bond acceptors (Lipinski definition) is 12. The molecule has 6 N–H and O–H groups in total. The van der Waals surface area contributed by atoms with Crippen molar-refractivity contribution in [3.05, 3.63) is 12.2 Å². The van der Waals surface area contributed by atoms with Gasteiger partial charge in [0.05, 0.1) is 6.61 Å². The van der Waals surface area contributed by atoms with Gasteiger partial charge in [-0.25, -0.2) is 4.57 Å². The van der Waals surface area contributed by atoms with Gasteiger partial charge in [-0.1, -0.05) is 180 Å². The number of phosphoric ester groups is 1. The molecular formula is C45H85O13P. The number of aliphatic hydroxyl groups excluding tert-OH is 5. The van der Waals surface area contributed by atoms with Gasteiger partial charge in [0, 0.05) is 12.8 Å². The smallest absolute Gasteiger partial charge is 0.462 e. The molecule has 4 unspecified atom stereocenters. The zero-order valence-corrected chi connectivity index (χ0v) is 37.7. The Morgan fingerprint density at radius 2 is 0.898 bits per heavy atom. The van der Waals surface area contributed by atoms with Crippen LogP contribution in [0.15, 0.2) is 12.2 Å². The van der Waals surface area contributed by atoms with Crippen molar-refractivity contribution in [2.24, 2.45) is 0 Å². The first-order valence-electron chi connectivity index (χ1n) is 23.5. The van der Waals surface area contributed by atoms with Gasteiger partial charge in [-0.2, -0.15) is 0 Å². The number of hydrogen-bond donors (Lipinski definition) is 6. The summed E-state index contributed by atoms with van der Waals surface area (Å²) in [6, 6.07) is 0. The molecule has 348 valence electrons. The summed E-state index contributed by atoms with van der Waals surface area (Å²) in [7, 11) is -5.12. The molecule has 14 heteroatoms. The molecule has 1 fully saturated rings. The molecule has 8 atom stereocenters. The summed E-state index contributed by atoms with van der Waals surface area (Å²) in [6.07, 6.45) is 24.2. The fraction of sp³-hybridized carbons (Fsp3) is 0.911. The van der Waals surface area contributed by atoms with Crippen molar-refractivity contribution >= 4 is 19.8 Å². The van der Waals surface area contributed by atoms with E-state index >= 15 is 0 Å². The van der Waals surface area contributed by atoms with Gasteiger partial charge in [0.2, 0.25) is 0 Å². The van der Waals surface area contributed by atoms with Crippen LogP contribution in [-0.2, 0) is 32.7 Å².